The number of carbonyl (C=O) groups excluding carboxylic acids is 1. The molecule has 0 saturated heterocycles. The number of anilines is 3. The highest BCUT2D eigenvalue weighted by Crippen LogP contribution is 2.21. The van der Waals surface area contributed by atoms with E-state index in [0.29, 0.717) is 29.6 Å². The smallest absolute Gasteiger partial charge is 0.276 e. The highest BCUT2D eigenvalue weighted by Gasteiger charge is 2.09. The minimum absolute atomic E-state index is 0.131. The number of rotatable bonds is 9. The van der Waals surface area contributed by atoms with Crippen molar-refractivity contribution in [1.29, 1.82) is 0 Å². The van der Waals surface area contributed by atoms with Crippen LogP contribution in [0, 0.1) is 0 Å². The van der Waals surface area contributed by atoms with Crippen LogP contribution < -0.4 is 26.6 Å². The Kier molecular flexibility index (Phi) is 6.42. The predicted molar refractivity (Wildman–Crippen MR) is 107 cm³/mol. The summed E-state index contributed by atoms with van der Waals surface area (Å²) in [5.74, 6) is 1.09. The van der Waals surface area contributed by atoms with Crippen molar-refractivity contribution >= 4 is 34.6 Å². The first kappa shape index (κ1) is 18.5. The van der Waals surface area contributed by atoms with Crippen molar-refractivity contribution in [3.05, 3.63) is 59.0 Å². The third-order valence-electron chi connectivity index (χ3n) is 3.56. The normalized spacial score (nSPS) is 10.2. The third kappa shape index (κ3) is 5.58. The van der Waals surface area contributed by atoms with Gasteiger partial charge in [0.15, 0.2) is 18.2 Å². The standard InChI is InChI=1S/C18H20N6O2S/c19-16-17(20-9-8-14-7-4-10-27-14)21-12-22-18(16)24-23-15(25)11-26-13-5-2-1-3-6-13/h1-7,10,12H,8-9,11,19H2,(H,23,25)(H2,20,21,22,24). The van der Waals surface area contributed by atoms with E-state index in [0.717, 1.165) is 6.42 Å². The van der Waals surface area contributed by atoms with E-state index in [1.54, 1.807) is 23.5 Å². The molecule has 1 aromatic carbocycles. The van der Waals surface area contributed by atoms with Crippen LogP contribution in [0.25, 0.3) is 0 Å². The van der Waals surface area contributed by atoms with E-state index in [1.165, 1.54) is 11.2 Å². The van der Waals surface area contributed by atoms with Crippen LogP contribution in [0.2, 0.25) is 0 Å². The first-order valence-corrected chi connectivity index (χ1v) is 9.20. The van der Waals surface area contributed by atoms with Crippen molar-refractivity contribution in [3.63, 3.8) is 0 Å². The van der Waals surface area contributed by atoms with Gasteiger partial charge >= 0.3 is 0 Å². The number of hydrogen-bond acceptors (Lipinski definition) is 8. The molecule has 0 aliphatic heterocycles. The topological polar surface area (TPSA) is 114 Å². The Bertz CT molecular complexity index is 858. The highest BCUT2D eigenvalue weighted by atomic mass is 32.1. The molecule has 0 unspecified atom stereocenters. The van der Waals surface area contributed by atoms with Crippen LogP contribution in [0.3, 0.4) is 0 Å². The maximum absolute atomic E-state index is 11.9. The molecule has 0 saturated carbocycles. The zero-order valence-corrected chi connectivity index (χ0v) is 15.3. The number of benzene rings is 1. The first-order valence-electron chi connectivity index (χ1n) is 8.32. The Balaban J connectivity index is 1.47. The van der Waals surface area contributed by atoms with Crippen LogP contribution in [0.1, 0.15) is 4.88 Å². The molecule has 2 heterocycles. The number of nitrogen functional groups attached to an aromatic ring is 1. The average Bonchev–Trinajstić information content (AvgIpc) is 3.21. The van der Waals surface area contributed by atoms with Crippen LogP contribution in [-0.4, -0.2) is 29.0 Å². The summed E-state index contributed by atoms with van der Waals surface area (Å²) in [6.07, 6.45) is 2.25. The van der Waals surface area contributed by atoms with Crippen LogP contribution >= 0.6 is 11.3 Å². The molecular formula is C18H20N6O2S. The molecule has 8 nitrogen and oxygen atoms in total. The summed E-state index contributed by atoms with van der Waals surface area (Å²) < 4.78 is 5.37. The van der Waals surface area contributed by atoms with Gasteiger partial charge in [-0.05, 0) is 30.0 Å². The molecule has 5 N–H and O–H groups in total. The zero-order chi connectivity index (χ0) is 18.9. The molecule has 0 aliphatic rings. The van der Waals surface area contributed by atoms with Crippen molar-refractivity contribution in [3.8, 4) is 5.75 Å². The largest absolute Gasteiger partial charge is 0.484 e. The van der Waals surface area contributed by atoms with Gasteiger partial charge < -0.3 is 15.8 Å². The number of thiophene rings is 1. The summed E-state index contributed by atoms with van der Waals surface area (Å²) in [4.78, 5) is 21.4. The predicted octanol–water partition coefficient (Wildman–Crippen LogP) is 2.30. The van der Waals surface area contributed by atoms with Crippen molar-refractivity contribution < 1.29 is 9.53 Å². The maximum atomic E-state index is 11.9. The lowest BCUT2D eigenvalue weighted by Crippen LogP contribution is -2.34. The fraction of sp³-hybridized carbons (Fsp3) is 0.167. The lowest BCUT2D eigenvalue weighted by Gasteiger charge is -2.13. The highest BCUT2D eigenvalue weighted by molar-refractivity contribution is 7.09. The molecule has 9 heteroatoms. The Labute approximate surface area is 160 Å². The minimum atomic E-state index is -0.357. The molecular weight excluding hydrogens is 364 g/mol. The maximum Gasteiger partial charge on any atom is 0.276 e. The van der Waals surface area contributed by atoms with Crippen LogP contribution in [0.15, 0.2) is 54.2 Å². The number of aromatic nitrogens is 2. The molecule has 0 fully saturated rings. The minimum Gasteiger partial charge on any atom is -0.484 e. The van der Waals surface area contributed by atoms with E-state index in [-0.39, 0.29) is 12.5 Å². The molecule has 3 aromatic rings. The molecule has 3 rings (SSSR count). The van der Waals surface area contributed by atoms with Crippen molar-refractivity contribution in [1.82, 2.24) is 15.4 Å². The van der Waals surface area contributed by atoms with Crippen molar-refractivity contribution in [2.75, 3.05) is 29.6 Å². The lowest BCUT2D eigenvalue weighted by molar-refractivity contribution is -0.122. The molecule has 27 heavy (non-hydrogen) atoms. The summed E-state index contributed by atoms with van der Waals surface area (Å²) in [5, 5.41) is 5.22. The quantitative estimate of drug-likeness (QED) is 0.419. The van der Waals surface area contributed by atoms with Gasteiger partial charge in [-0.3, -0.25) is 15.6 Å². The number of ether oxygens (including phenoxy) is 1. The van der Waals surface area contributed by atoms with E-state index in [2.05, 4.69) is 32.2 Å². The number of para-hydroxylation sites is 1. The van der Waals surface area contributed by atoms with E-state index < -0.39 is 0 Å². The number of hydrogen-bond donors (Lipinski definition) is 4. The monoisotopic (exact) mass is 384 g/mol. The SMILES string of the molecule is Nc1c(NCCc2cccs2)ncnc1NNC(=O)COc1ccccc1. The Hall–Kier alpha value is -3.33. The van der Waals surface area contributed by atoms with Gasteiger partial charge in [0, 0.05) is 11.4 Å². The first-order chi connectivity index (χ1) is 13.2. The van der Waals surface area contributed by atoms with Gasteiger partial charge in [-0.2, -0.15) is 0 Å². The Morgan fingerprint density at radius 1 is 1.11 bits per heavy atom. The van der Waals surface area contributed by atoms with Crippen molar-refractivity contribution in [2.45, 2.75) is 6.42 Å². The van der Waals surface area contributed by atoms with Gasteiger partial charge in [0.25, 0.3) is 5.91 Å². The van der Waals surface area contributed by atoms with Gasteiger partial charge in [0.2, 0.25) is 0 Å². The molecule has 0 atom stereocenters. The van der Waals surface area contributed by atoms with Gasteiger partial charge in [-0.25, -0.2) is 9.97 Å². The summed E-state index contributed by atoms with van der Waals surface area (Å²) in [6, 6.07) is 13.2. The van der Waals surface area contributed by atoms with Gasteiger partial charge in [-0.1, -0.05) is 24.3 Å². The number of nitrogens with one attached hydrogen (secondary N) is 3. The van der Waals surface area contributed by atoms with Gasteiger partial charge in [0.05, 0.1) is 0 Å². The number of carbonyl (C=O) groups is 1. The van der Waals surface area contributed by atoms with E-state index in [4.69, 9.17) is 10.5 Å². The van der Waals surface area contributed by atoms with Gasteiger partial charge in [-0.15, -0.1) is 11.3 Å². The third-order valence-corrected chi connectivity index (χ3v) is 4.50. The van der Waals surface area contributed by atoms with Crippen LogP contribution in [0.4, 0.5) is 17.3 Å². The summed E-state index contributed by atoms with van der Waals surface area (Å²) in [5.41, 5.74) is 11.6. The molecule has 0 spiro atoms. The summed E-state index contributed by atoms with van der Waals surface area (Å²) in [7, 11) is 0. The lowest BCUT2D eigenvalue weighted by atomic mass is 10.3. The second kappa shape index (κ2) is 9.39. The fourth-order valence-corrected chi connectivity index (χ4v) is 2.93. The van der Waals surface area contributed by atoms with Gasteiger partial charge in [0.1, 0.15) is 17.8 Å². The molecule has 0 bridgehead atoms. The molecule has 140 valence electrons. The summed E-state index contributed by atoms with van der Waals surface area (Å²) in [6.45, 7) is 0.562. The van der Waals surface area contributed by atoms with E-state index in [9.17, 15) is 4.79 Å². The fourth-order valence-electron chi connectivity index (χ4n) is 2.23. The molecule has 0 aliphatic carbocycles. The zero-order valence-electron chi connectivity index (χ0n) is 14.5. The second-order valence-corrected chi connectivity index (χ2v) is 6.55. The van der Waals surface area contributed by atoms with E-state index in [1.807, 2.05) is 29.6 Å². The van der Waals surface area contributed by atoms with Crippen LogP contribution in [0.5, 0.6) is 5.75 Å². The number of nitrogens with zero attached hydrogens (tertiary/aromatic N) is 2. The Morgan fingerprint density at radius 3 is 2.70 bits per heavy atom. The number of hydrazine groups is 1. The summed E-state index contributed by atoms with van der Waals surface area (Å²) >= 11 is 1.70. The van der Waals surface area contributed by atoms with E-state index >= 15 is 0 Å². The van der Waals surface area contributed by atoms with Crippen LogP contribution in [-0.2, 0) is 11.2 Å². The second-order valence-electron chi connectivity index (χ2n) is 5.52. The van der Waals surface area contributed by atoms with Crippen molar-refractivity contribution in [2.24, 2.45) is 0 Å². The average molecular weight is 384 g/mol. The Morgan fingerprint density at radius 2 is 1.93 bits per heavy atom. The molecule has 2 aromatic heterocycles. The molecule has 1 amide bonds. The number of amides is 1. The number of nitrogens with two attached hydrogens (primary N) is 1. The molecule has 0 radical (unpaired) electrons.